The van der Waals surface area contributed by atoms with E-state index in [9.17, 15) is 0 Å². The van der Waals surface area contributed by atoms with E-state index in [2.05, 4.69) is 36.7 Å². The van der Waals surface area contributed by atoms with Gasteiger partial charge in [-0.15, -0.1) is 0 Å². The molecule has 0 spiro atoms. The Hall–Kier alpha value is -1.13. The minimum absolute atomic E-state index is 0.0400. The van der Waals surface area contributed by atoms with E-state index < -0.39 is 0 Å². The van der Waals surface area contributed by atoms with E-state index in [4.69, 9.17) is 10.5 Å². The molecule has 0 amide bonds. The second-order valence-corrected chi connectivity index (χ2v) is 5.80. The molecule has 4 nitrogen and oxygen atoms in total. The summed E-state index contributed by atoms with van der Waals surface area (Å²) in [5.41, 5.74) is 6.91. The molecular weight excluding hydrogens is 226 g/mol. The van der Waals surface area contributed by atoms with Crippen LogP contribution >= 0.6 is 0 Å². The molecule has 0 bridgehead atoms. The van der Waals surface area contributed by atoms with Crippen molar-refractivity contribution in [2.24, 2.45) is 5.73 Å². The predicted octanol–water partition coefficient (Wildman–Crippen LogP) is 2.10. The van der Waals surface area contributed by atoms with E-state index >= 15 is 0 Å². The lowest BCUT2D eigenvalue weighted by molar-refractivity contribution is -0.0751. The molecule has 1 aliphatic heterocycles. The van der Waals surface area contributed by atoms with Crippen LogP contribution in [-0.2, 0) is 4.74 Å². The number of hydrogen-bond acceptors (Lipinski definition) is 4. The van der Waals surface area contributed by atoms with Gasteiger partial charge >= 0.3 is 0 Å². The van der Waals surface area contributed by atoms with Crippen molar-refractivity contribution < 1.29 is 4.74 Å². The zero-order chi connectivity index (χ0) is 13.3. The molecule has 1 fully saturated rings. The summed E-state index contributed by atoms with van der Waals surface area (Å²) in [5.74, 6) is 0.994. The molecule has 2 unspecified atom stereocenters. The summed E-state index contributed by atoms with van der Waals surface area (Å²) in [6.45, 7) is 10.1. The molecule has 2 N–H and O–H groups in total. The Morgan fingerprint density at radius 3 is 2.89 bits per heavy atom. The second-order valence-electron chi connectivity index (χ2n) is 5.80. The minimum atomic E-state index is -0.135. The van der Waals surface area contributed by atoms with E-state index in [-0.39, 0.29) is 17.7 Å². The first-order valence-corrected chi connectivity index (χ1v) is 6.52. The Morgan fingerprint density at radius 2 is 2.28 bits per heavy atom. The first-order chi connectivity index (χ1) is 8.37. The zero-order valence-electron chi connectivity index (χ0n) is 11.7. The van der Waals surface area contributed by atoms with Crippen LogP contribution in [0.1, 0.15) is 39.3 Å². The van der Waals surface area contributed by atoms with Gasteiger partial charge in [0.25, 0.3) is 0 Å². The molecule has 100 valence electrons. The molecule has 2 rings (SSSR count). The van der Waals surface area contributed by atoms with Crippen molar-refractivity contribution in [1.82, 2.24) is 4.98 Å². The van der Waals surface area contributed by atoms with E-state index in [1.54, 1.807) is 0 Å². The Balaban J connectivity index is 2.23. The summed E-state index contributed by atoms with van der Waals surface area (Å²) in [4.78, 5) is 6.74. The van der Waals surface area contributed by atoms with Crippen LogP contribution in [0.15, 0.2) is 18.3 Å². The van der Waals surface area contributed by atoms with Gasteiger partial charge < -0.3 is 15.4 Å². The number of hydrogen-bond donors (Lipinski definition) is 1. The van der Waals surface area contributed by atoms with Crippen molar-refractivity contribution >= 4 is 5.82 Å². The van der Waals surface area contributed by atoms with Crippen molar-refractivity contribution in [1.29, 1.82) is 0 Å². The Bertz CT molecular complexity index is 417. The maximum Gasteiger partial charge on any atom is 0.128 e. The molecule has 18 heavy (non-hydrogen) atoms. The molecule has 2 atom stereocenters. The highest BCUT2D eigenvalue weighted by Gasteiger charge is 2.31. The number of ether oxygens (including phenoxy) is 1. The lowest BCUT2D eigenvalue weighted by Crippen LogP contribution is -2.52. The van der Waals surface area contributed by atoms with E-state index in [1.165, 1.54) is 0 Å². The summed E-state index contributed by atoms with van der Waals surface area (Å²) in [5, 5.41) is 0. The monoisotopic (exact) mass is 249 g/mol. The summed E-state index contributed by atoms with van der Waals surface area (Å²) in [6, 6.07) is 4.10. The average Bonchev–Trinajstić information content (AvgIpc) is 2.26. The molecule has 1 aliphatic rings. The third kappa shape index (κ3) is 3.00. The van der Waals surface area contributed by atoms with Crippen LogP contribution < -0.4 is 10.6 Å². The fourth-order valence-electron chi connectivity index (χ4n) is 2.52. The van der Waals surface area contributed by atoms with E-state index in [0.717, 1.165) is 24.5 Å². The number of pyridine rings is 1. The van der Waals surface area contributed by atoms with Crippen molar-refractivity contribution in [3.63, 3.8) is 0 Å². The molecule has 2 heterocycles. The van der Waals surface area contributed by atoms with Crippen LogP contribution in [0.3, 0.4) is 0 Å². The highest BCUT2D eigenvalue weighted by atomic mass is 16.5. The third-order valence-electron chi connectivity index (χ3n) is 3.19. The van der Waals surface area contributed by atoms with Crippen molar-refractivity contribution in [3.05, 3.63) is 23.9 Å². The first-order valence-electron chi connectivity index (χ1n) is 6.52. The zero-order valence-corrected chi connectivity index (χ0v) is 11.7. The van der Waals surface area contributed by atoms with Crippen LogP contribution in [0.4, 0.5) is 5.82 Å². The normalized spacial score (nSPS) is 24.9. The number of aromatic nitrogens is 1. The number of nitrogens with zero attached hydrogens (tertiary/aromatic N) is 2. The lowest BCUT2D eigenvalue weighted by Gasteiger charge is -2.42. The first kappa shape index (κ1) is 13.3. The van der Waals surface area contributed by atoms with Crippen molar-refractivity contribution in [2.75, 3.05) is 18.0 Å². The van der Waals surface area contributed by atoms with Gasteiger partial charge in [0.1, 0.15) is 5.82 Å². The van der Waals surface area contributed by atoms with Gasteiger partial charge in [-0.2, -0.15) is 0 Å². The van der Waals surface area contributed by atoms with Gasteiger partial charge in [0.05, 0.1) is 11.7 Å². The third-order valence-corrected chi connectivity index (χ3v) is 3.19. The quantitative estimate of drug-likeness (QED) is 0.872. The SMILES string of the molecule is CC1CN(c2cc(C(C)N)ccn2)CC(C)(C)O1. The van der Waals surface area contributed by atoms with E-state index in [0.29, 0.717) is 0 Å². The summed E-state index contributed by atoms with van der Waals surface area (Å²) in [7, 11) is 0. The maximum absolute atomic E-state index is 5.92. The van der Waals surface area contributed by atoms with Gasteiger partial charge in [-0.3, -0.25) is 0 Å². The van der Waals surface area contributed by atoms with Crippen LogP contribution in [-0.4, -0.2) is 29.8 Å². The van der Waals surface area contributed by atoms with Crippen LogP contribution in [0, 0.1) is 0 Å². The summed E-state index contributed by atoms with van der Waals surface area (Å²) < 4.78 is 5.91. The molecule has 0 aromatic carbocycles. The second kappa shape index (κ2) is 4.86. The van der Waals surface area contributed by atoms with Crippen LogP contribution in [0.2, 0.25) is 0 Å². The van der Waals surface area contributed by atoms with Crippen molar-refractivity contribution in [3.8, 4) is 0 Å². The molecule has 1 aromatic heterocycles. The number of morpholine rings is 1. The van der Waals surface area contributed by atoms with E-state index in [1.807, 2.05) is 19.2 Å². The topological polar surface area (TPSA) is 51.4 Å². The fraction of sp³-hybridized carbons (Fsp3) is 0.643. The maximum atomic E-state index is 5.92. The molecule has 0 aliphatic carbocycles. The van der Waals surface area contributed by atoms with Crippen LogP contribution in [0.25, 0.3) is 0 Å². The largest absolute Gasteiger partial charge is 0.369 e. The van der Waals surface area contributed by atoms with Crippen LogP contribution in [0.5, 0.6) is 0 Å². The molecule has 4 heteroatoms. The molecule has 0 saturated carbocycles. The smallest absolute Gasteiger partial charge is 0.128 e. The van der Waals surface area contributed by atoms with Gasteiger partial charge in [-0.25, -0.2) is 4.98 Å². The minimum Gasteiger partial charge on any atom is -0.369 e. The summed E-state index contributed by atoms with van der Waals surface area (Å²) in [6.07, 6.45) is 2.05. The molecule has 1 aromatic rings. The number of nitrogens with two attached hydrogens (primary N) is 1. The highest BCUT2D eigenvalue weighted by molar-refractivity contribution is 5.43. The van der Waals surface area contributed by atoms with Gasteiger partial charge in [0.2, 0.25) is 0 Å². The Morgan fingerprint density at radius 1 is 1.56 bits per heavy atom. The lowest BCUT2D eigenvalue weighted by atomic mass is 10.0. The molecule has 1 saturated heterocycles. The average molecular weight is 249 g/mol. The van der Waals surface area contributed by atoms with Crippen molar-refractivity contribution in [2.45, 2.75) is 45.4 Å². The highest BCUT2D eigenvalue weighted by Crippen LogP contribution is 2.25. The molecule has 0 radical (unpaired) electrons. The fourth-order valence-corrected chi connectivity index (χ4v) is 2.52. The van der Waals surface area contributed by atoms with Gasteiger partial charge in [-0.1, -0.05) is 0 Å². The molecular formula is C14H23N3O. The number of rotatable bonds is 2. The van der Waals surface area contributed by atoms with Gasteiger partial charge in [-0.05, 0) is 45.4 Å². The Labute approximate surface area is 109 Å². The van der Waals surface area contributed by atoms with Gasteiger partial charge in [0.15, 0.2) is 0 Å². The Kier molecular flexibility index (Phi) is 3.59. The van der Waals surface area contributed by atoms with Gasteiger partial charge in [0, 0.05) is 25.3 Å². The predicted molar refractivity (Wildman–Crippen MR) is 73.7 cm³/mol. The number of anilines is 1. The summed E-state index contributed by atoms with van der Waals surface area (Å²) >= 11 is 0. The standard InChI is InChI=1S/C14H23N3O/c1-10-8-17(9-14(3,4)18-10)13-7-12(11(2)15)5-6-16-13/h5-7,10-11H,8-9,15H2,1-4H3.